The standard InChI is InChI=1S/C15H20BrFN2/c1-11-8-18-6-2-3-14(18)10-19(11)9-12-4-5-13(16)7-15(12)17/h4-5,7,11,14H,2-3,6,8-10H2,1H3. The van der Waals surface area contributed by atoms with Gasteiger partial charge in [0.15, 0.2) is 0 Å². The molecule has 2 atom stereocenters. The molecule has 0 aromatic heterocycles. The second kappa shape index (κ2) is 5.51. The number of benzene rings is 1. The van der Waals surface area contributed by atoms with Crippen molar-refractivity contribution >= 4 is 15.9 Å². The Labute approximate surface area is 122 Å². The van der Waals surface area contributed by atoms with Gasteiger partial charge in [-0.1, -0.05) is 22.0 Å². The summed E-state index contributed by atoms with van der Waals surface area (Å²) in [6, 6.07) is 6.58. The topological polar surface area (TPSA) is 6.48 Å². The summed E-state index contributed by atoms with van der Waals surface area (Å²) in [4.78, 5) is 5.03. The van der Waals surface area contributed by atoms with E-state index >= 15 is 0 Å². The molecule has 4 heteroatoms. The number of fused-ring (bicyclic) bond motifs is 1. The highest BCUT2D eigenvalue weighted by Crippen LogP contribution is 2.26. The highest BCUT2D eigenvalue weighted by molar-refractivity contribution is 9.10. The molecule has 0 aliphatic carbocycles. The molecule has 2 saturated heterocycles. The van der Waals surface area contributed by atoms with Gasteiger partial charge in [0.2, 0.25) is 0 Å². The van der Waals surface area contributed by atoms with Gasteiger partial charge < -0.3 is 0 Å². The van der Waals surface area contributed by atoms with E-state index in [0.29, 0.717) is 12.1 Å². The number of piperazine rings is 1. The normalized spacial score (nSPS) is 28.6. The molecule has 1 aromatic carbocycles. The summed E-state index contributed by atoms with van der Waals surface area (Å²) in [5, 5.41) is 0. The Morgan fingerprint density at radius 1 is 1.37 bits per heavy atom. The van der Waals surface area contributed by atoms with Crippen LogP contribution in [0.2, 0.25) is 0 Å². The minimum absolute atomic E-state index is 0.101. The van der Waals surface area contributed by atoms with E-state index < -0.39 is 0 Å². The SMILES string of the molecule is CC1CN2CCCC2CN1Cc1ccc(Br)cc1F. The maximum absolute atomic E-state index is 13.9. The van der Waals surface area contributed by atoms with Crippen molar-refractivity contribution in [2.24, 2.45) is 0 Å². The van der Waals surface area contributed by atoms with Gasteiger partial charge in [0, 0.05) is 41.8 Å². The predicted octanol–water partition coefficient (Wildman–Crippen LogP) is 3.26. The molecule has 2 nitrogen and oxygen atoms in total. The summed E-state index contributed by atoms with van der Waals surface area (Å²) < 4.78 is 14.7. The van der Waals surface area contributed by atoms with Crippen LogP contribution in [0.5, 0.6) is 0 Å². The Morgan fingerprint density at radius 3 is 3.00 bits per heavy atom. The van der Waals surface area contributed by atoms with E-state index in [1.54, 1.807) is 6.07 Å². The Hall–Kier alpha value is -0.450. The molecule has 0 amide bonds. The van der Waals surface area contributed by atoms with Crippen LogP contribution in [0.1, 0.15) is 25.3 Å². The number of hydrogen-bond acceptors (Lipinski definition) is 2. The Kier molecular flexibility index (Phi) is 3.92. The molecule has 0 saturated carbocycles. The monoisotopic (exact) mass is 326 g/mol. The average molecular weight is 327 g/mol. The summed E-state index contributed by atoms with van der Waals surface area (Å²) in [5.41, 5.74) is 0.807. The van der Waals surface area contributed by atoms with E-state index in [1.807, 2.05) is 12.1 Å². The number of hydrogen-bond donors (Lipinski definition) is 0. The van der Waals surface area contributed by atoms with Gasteiger partial charge in [-0.15, -0.1) is 0 Å². The first-order valence-electron chi connectivity index (χ1n) is 7.05. The van der Waals surface area contributed by atoms with Crippen LogP contribution in [0.4, 0.5) is 4.39 Å². The van der Waals surface area contributed by atoms with E-state index in [-0.39, 0.29) is 5.82 Å². The third kappa shape index (κ3) is 2.86. The first-order chi connectivity index (χ1) is 9.13. The maximum Gasteiger partial charge on any atom is 0.128 e. The lowest BCUT2D eigenvalue weighted by Crippen LogP contribution is -2.54. The highest BCUT2D eigenvalue weighted by Gasteiger charge is 2.34. The first kappa shape index (κ1) is 13.5. The zero-order valence-electron chi connectivity index (χ0n) is 11.3. The molecule has 2 heterocycles. The zero-order chi connectivity index (χ0) is 13.4. The van der Waals surface area contributed by atoms with E-state index in [0.717, 1.165) is 29.7 Å². The Morgan fingerprint density at radius 2 is 2.21 bits per heavy atom. The lowest BCUT2D eigenvalue weighted by atomic mass is 10.1. The third-order valence-electron chi connectivity index (χ3n) is 4.45. The first-order valence-corrected chi connectivity index (χ1v) is 7.85. The third-order valence-corrected chi connectivity index (χ3v) is 4.95. The quantitative estimate of drug-likeness (QED) is 0.823. The molecule has 2 fully saturated rings. The maximum atomic E-state index is 13.9. The highest BCUT2D eigenvalue weighted by atomic mass is 79.9. The Balaban J connectivity index is 1.71. The average Bonchev–Trinajstić information content (AvgIpc) is 2.80. The van der Waals surface area contributed by atoms with Gasteiger partial charge in [-0.2, -0.15) is 0 Å². The van der Waals surface area contributed by atoms with Crippen molar-refractivity contribution in [2.45, 2.75) is 38.4 Å². The minimum Gasteiger partial charge on any atom is -0.298 e. The van der Waals surface area contributed by atoms with Crippen LogP contribution in [-0.4, -0.2) is 41.5 Å². The smallest absolute Gasteiger partial charge is 0.128 e. The number of rotatable bonds is 2. The molecular weight excluding hydrogens is 307 g/mol. The largest absolute Gasteiger partial charge is 0.298 e. The molecule has 2 aliphatic rings. The fourth-order valence-electron chi connectivity index (χ4n) is 3.34. The molecule has 2 aliphatic heterocycles. The number of nitrogens with zero attached hydrogens (tertiary/aromatic N) is 2. The summed E-state index contributed by atoms with van der Waals surface area (Å²) in [6.07, 6.45) is 2.61. The van der Waals surface area contributed by atoms with Gasteiger partial charge in [-0.05, 0) is 38.4 Å². The summed E-state index contributed by atoms with van der Waals surface area (Å²) in [7, 11) is 0. The lowest BCUT2D eigenvalue weighted by Gasteiger charge is -2.42. The molecule has 3 rings (SSSR count). The van der Waals surface area contributed by atoms with Gasteiger partial charge in [0.1, 0.15) is 5.82 Å². The molecule has 104 valence electrons. The summed E-state index contributed by atoms with van der Waals surface area (Å²) in [6.45, 7) is 6.44. The molecule has 0 radical (unpaired) electrons. The van der Waals surface area contributed by atoms with Crippen molar-refractivity contribution in [3.05, 3.63) is 34.1 Å². The molecule has 1 aromatic rings. The molecule has 2 unspecified atom stereocenters. The van der Waals surface area contributed by atoms with Crippen LogP contribution in [0.15, 0.2) is 22.7 Å². The second-order valence-corrected chi connectivity index (χ2v) is 6.72. The van der Waals surface area contributed by atoms with Gasteiger partial charge in [0.05, 0.1) is 0 Å². The van der Waals surface area contributed by atoms with Crippen molar-refractivity contribution in [3.8, 4) is 0 Å². The van der Waals surface area contributed by atoms with Gasteiger partial charge >= 0.3 is 0 Å². The van der Waals surface area contributed by atoms with Gasteiger partial charge in [-0.25, -0.2) is 4.39 Å². The van der Waals surface area contributed by atoms with E-state index in [4.69, 9.17) is 0 Å². The van der Waals surface area contributed by atoms with Crippen molar-refractivity contribution in [1.82, 2.24) is 9.80 Å². The summed E-state index contributed by atoms with van der Waals surface area (Å²) in [5.74, 6) is -0.101. The predicted molar refractivity (Wildman–Crippen MR) is 78.6 cm³/mol. The van der Waals surface area contributed by atoms with E-state index in [1.165, 1.54) is 19.4 Å². The molecular formula is C15H20BrFN2. The minimum atomic E-state index is -0.101. The second-order valence-electron chi connectivity index (χ2n) is 5.81. The van der Waals surface area contributed by atoms with Gasteiger partial charge in [-0.3, -0.25) is 9.80 Å². The molecule has 0 spiro atoms. The summed E-state index contributed by atoms with van der Waals surface area (Å²) >= 11 is 3.31. The van der Waals surface area contributed by atoms with Crippen molar-refractivity contribution in [1.29, 1.82) is 0 Å². The van der Waals surface area contributed by atoms with Crippen LogP contribution < -0.4 is 0 Å². The van der Waals surface area contributed by atoms with E-state index in [9.17, 15) is 4.39 Å². The van der Waals surface area contributed by atoms with Crippen LogP contribution in [0.25, 0.3) is 0 Å². The lowest BCUT2D eigenvalue weighted by molar-refractivity contribution is 0.0533. The van der Waals surface area contributed by atoms with Crippen molar-refractivity contribution in [3.63, 3.8) is 0 Å². The molecule has 0 N–H and O–H groups in total. The van der Waals surface area contributed by atoms with E-state index in [2.05, 4.69) is 32.7 Å². The zero-order valence-corrected chi connectivity index (χ0v) is 12.9. The van der Waals surface area contributed by atoms with Gasteiger partial charge in [0.25, 0.3) is 0 Å². The fraction of sp³-hybridized carbons (Fsp3) is 0.600. The molecule has 19 heavy (non-hydrogen) atoms. The number of halogens is 2. The van der Waals surface area contributed by atoms with Crippen LogP contribution in [0.3, 0.4) is 0 Å². The van der Waals surface area contributed by atoms with Crippen LogP contribution >= 0.6 is 15.9 Å². The Bertz CT molecular complexity index is 465. The fourth-order valence-corrected chi connectivity index (χ4v) is 3.67. The van der Waals surface area contributed by atoms with Crippen molar-refractivity contribution in [2.75, 3.05) is 19.6 Å². The molecule has 0 bridgehead atoms. The van der Waals surface area contributed by atoms with Crippen LogP contribution in [0, 0.1) is 5.82 Å². The van der Waals surface area contributed by atoms with Crippen molar-refractivity contribution < 1.29 is 4.39 Å². The van der Waals surface area contributed by atoms with Crippen LogP contribution in [-0.2, 0) is 6.54 Å².